The van der Waals surface area contributed by atoms with Crippen molar-refractivity contribution in [3.05, 3.63) is 267 Å². The molecule has 0 spiro atoms. The summed E-state index contributed by atoms with van der Waals surface area (Å²) in [5, 5.41) is 24.7. The van der Waals surface area contributed by atoms with Crippen LogP contribution in [0.3, 0.4) is 0 Å². The molecule has 0 saturated heterocycles. The summed E-state index contributed by atoms with van der Waals surface area (Å²) in [6.45, 7) is 34.0. The molecule has 0 fully saturated rings. The maximum Gasteiger partial charge on any atom is 0.323 e. The van der Waals surface area contributed by atoms with Gasteiger partial charge in [-0.25, -0.2) is 19.2 Å². The van der Waals surface area contributed by atoms with Crippen molar-refractivity contribution in [2.24, 2.45) is 0 Å². The van der Waals surface area contributed by atoms with E-state index < -0.39 is 24.1 Å². The number of amides is 8. The molecule has 0 radical (unpaired) electrons. The molecule has 0 saturated carbocycles. The number of benzene rings is 8. The molecule has 1 aliphatic carbocycles. The van der Waals surface area contributed by atoms with E-state index in [1.54, 1.807) is 101 Å². The van der Waals surface area contributed by atoms with Crippen LogP contribution in [-0.4, -0.2) is 105 Å². The summed E-state index contributed by atoms with van der Waals surface area (Å²) in [4.78, 5) is 59.4. The Kier molecular flexibility index (Phi) is 38.9. The average molecular weight is 1690 g/mol. The number of methoxy groups -OCH3 is 4. The van der Waals surface area contributed by atoms with Crippen molar-refractivity contribution in [3.63, 3.8) is 0 Å². The minimum Gasteiger partial charge on any atom is -0.496 e. The molecule has 8 aromatic carbocycles. The third-order valence-corrected chi connectivity index (χ3v) is 19.5. The second-order valence-electron chi connectivity index (χ2n) is 29.3. The standard InChI is InChI=1S/C100H120N8O16/c1-13-21-29-37-117-85-57-81(58-86(65-85)118-38-30-22-14-2)105-97(109)101-77-49-69-45-71-51-78(102-98(110)106-82-59-87(119-39-31-23-15-3)66-88(60-82)120-40-32-24-16-4)53-73(94(71)114-10)47-75-55-80(104-100(112)108-84-63-91(123-43-35-27-19-7)68-92(64-84)124-44-36-28-20-8)56-76(96(75)116-12)48-74-54-79(52-72(95(74)115-11)46-70(50-77)93(69)113-9)103-99(111)107-83-61-89(121-41-33-25-17-5)67-90(62-83)122-42-34-26-18-6/h13-20,49-68H,1-8,21-48H2,9-12H3,(H2,101,105,109)(H2,102,106,110)(H2,103,107,111)(H2,104,108,112). The van der Waals surface area contributed by atoms with E-state index in [4.69, 9.17) is 56.8 Å². The first-order chi connectivity index (χ1) is 60.5. The van der Waals surface area contributed by atoms with Crippen LogP contribution in [0.4, 0.5) is 64.7 Å². The highest BCUT2D eigenvalue weighted by atomic mass is 16.5. The van der Waals surface area contributed by atoms with Crippen molar-refractivity contribution in [1.29, 1.82) is 0 Å². The predicted molar refractivity (Wildman–Crippen MR) is 499 cm³/mol. The lowest BCUT2D eigenvalue weighted by Gasteiger charge is -2.23. The van der Waals surface area contributed by atoms with Crippen LogP contribution in [0, 0.1) is 0 Å². The fourth-order valence-electron chi connectivity index (χ4n) is 14.0. The van der Waals surface area contributed by atoms with Gasteiger partial charge in [-0.15, -0.1) is 52.6 Å². The summed E-state index contributed by atoms with van der Waals surface area (Å²) in [5.74, 6) is 5.65. The molecule has 0 atom stereocenters. The minimum absolute atomic E-state index is 0.0514. The van der Waals surface area contributed by atoms with Gasteiger partial charge in [0.1, 0.15) is 69.0 Å². The monoisotopic (exact) mass is 1690 g/mol. The maximum absolute atomic E-state index is 14.9. The first-order valence-corrected chi connectivity index (χ1v) is 42.1. The largest absolute Gasteiger partial charge is 0.496 e. The summed E-state index contributed by atoms with van der Waals surface area (Å²) in [6.07, 6.45) is 26.7. The molecule has 1 aliphatic rings. The molecule has 24 heteroatoms. The van der Waals surface area contributed by atoms with E-state index in [9.17, 15) is 19.2 Å². The van der Waals surface area contributed by atoms with Gasteiger partial charge in [-0.1, -0.05) is 48.6 Å². The van der Waals surface area contributed by atoms with Crippen molar-refractivity contribution in [3.8, 4) is 69.0 Å². The first kappa shape index (κ1) is 94.2. The molecule has 124 heavy (non-hydrogen) atoms. The summed E-state index contributed by atoms with van der Waals surface area (Å²) < 4.78 is 75.8. The molecular formula is C100H120N8O16. The van der Waals surface area contributed by atoms with Gasteiger partial charge in [0.25, 0.3) is 0 Å². The molecule has 8 aromatic rings. The van der Waals surface area contributed by atoms with Gasteiger partial charge in [0.2, 0.25) is 0 Å². The molecule has 0 aliphatic heterocycles. The number of carbonyl (C=O) groups is 4. The molecule has 8 bridgehead atoms. The van der Waals surface area contributed by atoms with E-state index in [-0.39, 0.29) is 25.7 Å². The summed E-state index contributed by atoms with van der Waals surface area (Å²) in [7, 11) is 6.28. The highest BCUT2D eigenvalue weighted by Gasteiger charge is 2.27. The Labute approximate surface area is 730 Å². The van der Waals surface area contributed by atoms with E-state index in [1.165, 1.54) is 0 Å². The molecule has 0 unspecified atom stereocenters. The molecule has 8 amide bonds. The quantitative estimate of drug-likeness (QED) is 0.0130. The Balaban J connectivity index is 1.22. The zero-order chi connectivity index (χ0) is 88.2. The topological polar surface area (TPSA) is 275 Å². The normalized spacial score (nSPS) is 11.1. The number of hydrogen-bond acceptors (Lipinski definition) is 16. The highest BCUT2D eigenvalue weighted by Crippen LogP contribution is 2.44. The number of urea groups is 4. The van der Waals surface area contributed by atoms with Gasteiger partial charge in [0.05, 0.1) is 81.3 Å². The van der Waals surface area contributed by atoms with Crippen molar-refractivity contribution >= 4 is 69.6 Å². The number of allylic oxidation sites excluding steroid dienone is 8. The lowest BCUT2D eigenvalue weighted by atomic mass is 9.90. The van der Waals surface area contributed by atoms with Crippen LogP contribution >= 0.6 is 0 Å². The molecule has 8 N–H and O–H groups in total. The van der Waals surface area contributed by atoms with E-state index in [0.717, 1.165) is 103 Å². The Morgan fingerprint density at radius 1 is 0.226 bits per heavy atom. The second kappa shape index (κ2) is 51.2. The van der Waals surface area contributed by atoms with Gasteiger partial charge in [-0.3, -0.25) is 0 Å². The molecule has 656 valence electrons. The maximum atomic E-state index is 14.9. The van der Waals surface area contributed by atoms with E-state index in [0.29, 0.717) is 212 Å². The third-order valence-electron chi connectivity index (χ3n) is 19.5. The predicted octanol–water partition coefficient (Wildman–Crippen LogP) is 23.7. The SMILES string of the molecule is C=CCCCOc1cc(NC(=O)Nc2cc3c(OC)c(c2)Cc2cc(NC(=O)Nc4cc(OCCCC=C)cc(OCCCC=C)c4)cc(c2OC)Cc2cc(NC(=O)Nc4cc(OCCCC=C)cc(OCCCC=C)c4)cc(c2OC)Cc2cc(NC(=O)Nc4cc(OCCCC=C)cc(OCCCC=C)c4)cc(c2OC)C3)cc(OCCCC=C)c1. The Bertz CT molecular complexity index is 4140. The Morgan fingerprint density at radius 2 is 0.355 bits per heavy atom. The van der Waals surface area contributed by atoms with Crippen LogP contribution in [0.25, 0.3) is 0 Å². The molecule has 0 heterocycles. The number of ether oxygens (including phenoxy) is 12. The lowest BCUT2D eigenvalue weighted by molar-refractivity contribution is 0.261. The fourth-order valence-corrected chi connectivity index (χ4v) is 14.0. The number of carbonyl (C=O) groups excluding carboxylic acids is 4. The van der Waals surface area contributed by atoms with Crippen LogP contribution in [0.5, 0.6) is 69.0 Å². The number of anilines is 8. The average Bonchev–Trinajstić information content (AvgIpc) is 0.773. The summed E-state index contributed by atoms with van der Waals surface area (Å²) >= 11 is 0. The van der Waals surface area contributed by atoms with E-state index in [1.807, 2.05) is 97.1 Å². The third kappa shape index (κ3) is 30.5. The Hall–Kier alpha value is -13.6. The zero-order valence-electron chi connectivity index (χ0n) is 72.2. The van der Waals surface area contributed by atoms with Gasteiger partial charge < -0.3 is 99.4 Å². The number of hydrogen-bond donors (Lipinski definition) is 8. The van der Waals surface area contributed by atoms with Crippen LogP contribution in [0.1, 0.15) is 147 Å². The van der Waals surface area contributed by atoms with Crippen LogP contribution < -0.4 is 99.4 Å². The summed E-state index contributed by atoms with van der Waals surface area (Å²) in [5.41, 5.74) is 7.57. The van der Waals surface area contributed by atoms with E-state index >= 15 is 0 Å². The minimum atomic E-state index is -0.600. The second-order valence-corrected chi connectivity index (χ2v) is 29.3. The van der Waals surface area contributed by atoms with Crippen LogP contribution in [-0.2, 0) is 25.7 Å². The van der Waals surface area contributed by atoms with Crippen LogP contribution in [0.15, 0.2) is 223 Å². The fraction of sp³-hybridized carbons (Fsp3) is 0.320. The number of fused-ring (bicyclic) bond motifs is 8. The Morgan fingerprint density at radius 3 is 0.476 bits per heavy atom. The molecular weight excluding hydrogens is 1570 g/mol. The summed E-state index contributed by atoms with van der Waals surface area (Å²) in [6, 6.07) is 33.2. The van der Waals surface area contributed by atoms with E-state index in [2.05, 4.69) is 95.2 Å². The van der Waals surface area contributed by atoms with Gasteiger partial charge in [0, 0.05) is 188 Å². The number of unbranched alkanes of at least 4 members (excludes halogenated alkanes) is 8. The smallest absolute Gasteiger partial charge is 0.323 e. The van der Waals surface area contributed by atoms with Crippen molar-refractivity contribution in [1.82, 2.24) is 0 Å². The molecule has 24 nitrogen and oxygen atoms in total. The van der Waals surface area contributed by atoms with Crippen molar-refractivity contribution < 1.29 is 76.0 Å². The van der Waals surface area contributed by atoms with Gasteiger partial charge in [-0.05, 0) is 151 Å². The van der Waals surface area contributed by atoms with Gasteiger partial charge in [-0.2, -0.15) is 0 Å². The van der Waals surface area contributed by atoms with Crippen molar-refractivity contribution in [2.75, 3.05) is 124 Å². The highest BCUT2D eigenvalue weighted by molar-refractivity contribution is 6.03. The first-order valence-electron chi connectivity index (χ1n) is 42.1. The number of nitrogens with one attached hydrogen (secondary N) is 8. The lowest BCUT2D eigenvalue weighted by Crippen LogP contribution is -2.21. The number of rotatable bonds is 52. The molecule has 0 aromatic heterocycles. The van der Waals surface area contributed by atoms with Gasteiger partial charge >= 0.3 is 24.1 Å². The molecule has 9 rings (SSSR count). The van der Waals surface area contributed by atoms with Crippen molar-refractivity contribution in [2.45, 2.75) is 128 Å². The van der Waals surface area contributed by atoms with Gasteiger partial charge in [0.15, 0.2) is 0 Å². The zero-order valence-corrected chi connectivity index (χ0v) is 72.2. The van der Waals surface area contributed by atoms with Crippen LogP contribution in [0.2, 0.25) is 0 Å².